The molecule has 1 aliphatic rings. The molecule has 0 saturated carbocycles. The molecule has 1 fully saturated rings. The Morgan fingerprint density at radius 2 is 2.06 bits per heavy atom. The van der Waals surface area contributed by atoms with E-state index in [4.69, 9.17) is 11.6 Å². The van der Waals surface area contributed by atoms with E-state index >= 15 is 0 Å². The van der Waals surface area contributed by atoms with E-state index in [0.29, 0.717) is 29.5 Å². The van der Waals surface area contributed by atoms with Crippen LogP contribution in [0, 0.1) is 5.92 Å². The van der Waals surface area contributed by atoms with Crippen LogP contribution in [-0.4, -0.2) is 24.9 Å². The molecule has 3 N–H and O–H groups in total. The van der Waals surface area contributed by atoms with Gasteiger partial charge in [0.05, 0.1) is 16.6 Å². The zero-order chi connectivity index (χ0) is 13.1. The minimum Gasteiger partial charge on any atom is -0.326 e. The predicted octanol–water partition coefficient (Wildman–Crippen LogP) is 1.46. The molecule has 0 aromatic heterocycles. The van der Waals surface area contributed by atoms with Crippen molar-refractivity contribution in [1.29, 1.82) is 0 Å². The summed E-state index contributed by atoms with van der Waals surface area (Å²) in [5.74, 6) is -0.176. The lowest BCUT2D eigenvalue weighted by Crippen LogP contribution is -2.48. The molecule has 0 spiro atoms. The first kappa shape index (κ1) is 12.9. The summed E-state index contributed by atoms with van der Waals surface area (Å²) in [6.45, 7) is 2.84. The highest BCUT2D eigenvalue weighted by molar-refractivity contribution is 6.34. The number of rotatable bonds is 3. The van der Waals surface area contributed by atoms with Gasteiger partial charge in [0, 0.05) is 25.7 Å². The summed E-state index contributed by atoms with van der Waals surface area (Å²) in [5, 5.41) is 8.83. The summed E-state index contributed by atoms with van der Waals surface area (Å²) in [7, 11) is 0. The van der Waals surface area contributed by atoms with Gasteiger partial charge in [-0.2, -0.15) is 0 Å². The molecule has 1 saturated heterocycles. The minimum atomic E-state index is -0.186. The molecule has 1 aliphatic heterocycles. The number of carbonyl (C=O) groups excluding carboxylic acids is 2. The minimum absolute atomic E-state index is 0.0166. The van der Waals surface area contributed by atoms with Crippen LogP contribution in [0.15, 0.2) is 18.2 Å². The van der Waals surface area contributed by atoms with Gasteiger partial charge in [-0.05, 0) is 18.2 Å². The van der Waals surface area contributed by atoms with Crippen molar-refractivity contribution in [3.05, 3.63) is 23.2 Å². The van der Waals surface area contributed by atoms with Gasteiger partial charge in [0.15, 0.2) is 0 Å². The maximum Gasteiger partial charge on any atom is 0.230 e. The van der Waals surface area contributed by atoms with Gasteiger partial charge in [-0.1, -0.05) is 11.6 Å². The molecule has 18 heavy (non-hydrogen) atoms. The molecular formula is C12H14ClN3O2. The second-order valence-corrected chi connectivity index (χ2v) is 4.63. The zero-order valence-electron chi connectivity index (χ0n) is 9.92. The molecule has 2 rings (SSSR count). The van der Waals surface area contributed by atoms with Crippen LogP contribution in [0.1, 0.15) is 6.92 Å². The fraction of sp³-hybridized carbons (Fsp3) is 0.333. The fourth-order valence-corrected chi connectivity index (χ4v) is 1.83. The molecule has 1 heterocycles. The Balaban J connectivity index is 2.03. The van der Waals surface area contributed by atoms with Crippen LogP contribution < -0.4 is 16.0 Å². The van der Waals surface area contributed by atoms with Gasteiger partial charge in [0.25, 0.3) is 0 Å². The number of hydrogen-bond acceptors (Lipinski definition) is 3. The molecule has 5 nitrogen and oxygen atoms in total. The Morgan fingerprint density at radius 3 is 2.56 bits per heavy atom. The van der Waals surface area contributed by atoms with Gasteiger partial charge in [-0.25, -0.2) is 0 Å². The van der Waals surface area contributed by atoms with E-state index in [1.807, 2.05) is 0 Å². The molecule has 0 unspecified atom stereocenters. The second-order valence-electron chi connectivity index (χ2n) is 4.22. The molecule has 0 radical (unpaired) electrons. The monoisotopic (exact) mass is 267 g/mol. The van der Waals surface area contributed by atoms with Crippen molar-refractivity contribution < 1.29 is 9.59 Å². The van der Waals surface area contributed by atoms with Gasteiger partial charge in [0.2, 0.25) is 11.8 Å². The van der Waals surface area contributed by atoms with Gasteiger partial charge in [-0.3, -0.25) is 9.59 Å². The standard InChI is InChI=1S/C12H14ClN3O2/c1-7(17)15-11-3-2-9(4-10(11)13)16-12(18)8-5-14-6-8/h2-4,8,14H,5-6H2,1H3,(H,15,17)(H,16,18). The van der Waals surface area contributed by atoms with Gasteiger partial charge < -0.3 is 16.0 Å². The average Bonchev–Trinajstić information content (AvgIpc) is 2.18. The summed E-state index contributed by atoms with van der Waals surface area (Å²) >= 11 is 6.01. The Labute approximate surface area is 110 Å². The Morgan fingerprint density at radius 1 is 1.33 bits per heavy atom. The van der Waals surface area contributed by atoms with E-state index in [9.17, 15) is 9.59 Å². The SMILES string of the molecule is CC(=O)Nc1ccc(NC(=O)C2CNC2)cc1Cl. The van der Waals surface area contributed by atoms with E-state index in [2.05, 4.69) is 16.0 Å². The van der Waals surface area contributed by atoms with Crippen molar-refractivity contribution in [2.45, 2.75) is 6.92 Å². The van der Waals surface area contributed by atoms with Crippen molar-refractivity contribution in [3.8, 4) is 0 Å². The van der Waals surface area contributed by atoms with Crippen molar-refractivity contribution in [2.75, 3.05) is 23.7 Å². The smallest absolute Gasteiger partial charge is 0.230 e. The van der Waals surface area contributed by atoms with Crippen molar-refractivity contribution >= 4 is 34.8 Å². The largest absolute Gasteiger partial charge is 0.326 e. The topological polar surface area (TPSA) is 70.2 Å². The highest BCUT2D eigenvalue weighted by atomic mass is 35.5. The molecule has 2 amide bonds. The first-order valence-corrected chi connectivity index (χ1v) is 6.03. The van der Waals surface area contributed by atoms with Crippen molar-refractivity contribution in [3.63, 3.8) is 0 Å². The zero-order valence-corrected chi connectivity index (χ0v) is 10.7. The first-order chi connectivity index (χ1) is 8.56. The lowest BCUT2D eigenvalue weighted by Gasteiger charge is -2.25. The van der Waals surface area contributed by atoms with E-state index < -0.39 is 0 Å². The van der Waals surface area contributed by atoms with Crippen molar-refractivity contribution in [2.24, 2.45) is 5.92 Å². The van der Waals surface area contributed by atoms with Crippen LogP contribution in [0.25, 0.3) is 0 Å². The number of amides is 2. The highest BCUT2D eigenvalue weighted by Crippen LogP contribution is 2.25. The molecule has 0 atom stereocenters. The van der Waals surface area contributed by atoms with Crippen LogP contribution in [0.3, 0.4) is 0 Å². The van der Waals surface area contributed by atoms with Gasteiger partial charge >= 0.3 is 0 Å². The quantitative estimate of drug-likeness (QED) is 0.776. The maximum atomic E-state index is 11.7. The third kappa shape index (κ3) is 3.00. The molecule has 0 aliphatic carbocycles. The molecule has 6 heteroatoms. The van der Waals surface area contributed by atoms with E-state index in [1.165, 1.54) is 6.92 Å². The summed E-state index contributed by atoms with van der Waals surface area (Å²) in [4.78, 5) is 22.6. The number of nitrogens with one attached hydrogen (secondary N) is 3. The highest BCUT2D eigenvalue weighted by Gasteiger charge is 2.24. The lowest BCUT2D eigenvalue weighted by molar-refractivity contribution is -0.121. The summed E-state index contributed by atoms with van der Waals surface area (Å²) < 4.78 is 0. The number of halogens is 1. The first-order valence-electron chi connectivity index (χ1n) is 5.65. The van der Waals surface area contributed by atoms with Crippen LogP contribution >= 0.6 is 11.6 Å². The van der Waals surface area contributed by atoms with Gasteiger partial charge in [-0.15, -0.1) is 0 Å². The fourth-order valence-electron chi connectivity index (χ4n) is 1.60. The number of hydrogen-bond donors (Lipinski definition) is 3. The maximum absolute atomic E-state index is 11.7. The Kier molecular flexibility index (Phi) is 3.84. The third-order valence-corrected chi connectivity index (χ3v) is 3.01. The Bertz CT molecular complexity index is 486. The van der Waals surface area contributed by atoms with Gasteiger partial charge in [0.1, 0.15) is 0 Å². The van der Waals surface area contributed by atoms with Crippen LogP contribution in [0.2, 0.25) is 5.02 Å². The number of carbonyl (C=O) groups is 2. The summed E-state index contributed by atoms with van der Waals surface area (Å²) in [6, 6.07) is 5.00. The van der Waals surface area contributed by atoms with E-state index in [-0.39, 0.29) is 17.7 Å². The lowest BCUT2D eigenvalue weighted by atomic mass is 10.0. The third-order valence-electron chi connectivity index (χ3n) is 2.70. The van der Waals surface area contributed by atoms with E-state index in [0.717, 1.165) is 0 Å². The second kappa shape index (κ2) is 5.37. The Hall–Kier alpha value is -1.59. The van der Waals surface area contributed by atoms with Crippen LogP contribution in [-0.2, 0) is 9.59 Å². The summed E-state index contributed by atoms with van der Waals surface area (Å²) in [5.41, 5.74) is 1.17. The predicted molar refractivity (Wildman–Crippen MR) is 70.7 cm³/mol. The molecule has 0 bridgehead atoms. The average molecular weight is 268 g/mol. The number of benzene rings is 1. The molecule has 96 valence electrons. The van der Waals surface area contributed by atoms with Crippen molar-refractivity contribution in [1.82, 2.24) is 5.32 Å². The molecule has 1 aromatic carbocycles. The number of anilines is 2. The molecule has 1 aromatic rings. The molecular weight excluding hydrogens is 254 g/mol. The summed E-state index contributed by atoms with van der Waals surface area (Å²) in [6.07, 6.45) is 0. The van der Waals surface area contributed by atoms with E-state index in [1.54, 1.807) is 18.2 Å². The normalized spacial score (nSPS) is 14.8. The van der Waals surface area contributed by atoms with Crippen LogP contribution in [0.4, 0.5) is 11.4 Å². The van der Waals surface area contributed by atoms with Crippen LogP contribution in [0.5, 0.6) is 0 Å².